The molecule has 1 heterocycles. The highest BCUT2D eigenvalue weighted by atomic mass is 79.9. The van der Waals surface area contributed by atoms with Crippen molar-refractivity contribution in [2.24, 2.45) is 4.99 Å². The lowest BCUT2D eigenvalue weighted by atomic mass is 9.88. The van der Waals surface area contributed by atoms with E-state index in [1.54, 1.807) is 0 Å². The van der Waals surface area contributed by atoms with E-state index in [2.05, 4.69) is 55.5 Å². The van der Waals surface area contributed by atoms with Gasteiger partial charge in [0.1, 0.15) is 5.60 Å². The van der Waals surface area contributed by atoms with Crippen LogP contribution in [0.1, 0.15) is 66.0 Å². The van der Waals surface area contributed by atoms with Crippen molar-refractivity contribution in [3.05, 3.63) is 16.2 Å². The Kier molecular flexibility index (Phi) is 10.3. The SMILES string of the molecule is CCCOC(CC)C(CC)(CC)Oc1nc(C)c(N=CN(C)CC)cc1Br. The van der Waals surface area contributed by atoms with Crippen molar-refractivity contribution in [3.8, 4) is 5.88 Å². The largest absolute Gasteiger partial charge is 0.467 e. The third-order valence-corrected chi connectivity index (χ3v) is 5.55. The van der Waals surface area contributed by atoms with Gasteiger partial charge in [-0.3, -0.25) is 0 Å². The van der Waals surface area contributed by atoms with Gasteiger partial charge in [0.05, 0.1) is 28.3 Å². The van der Waals surface area contributed by atoms with Crippen molar-refractivity contribution < 1.29 is 9.47 Å². The maximum atomic E-state index is 6.52. The van der Waals surface area contributed by atoms with E-state index in [0.717, 1.165) is 54.7 Å². The highest BCUT2D eigenvalue weighted by Crippen LogP contribution is 2.36. The summed E-state index contributed by atoms with van der Waals surface area (Å²) in [4.78, 5) is 11.3. The molecule has 6 heteroatoms. The number of pyridine rings is 1. The number of hydrogen-bond acceptors (Lipinski definition) is 4. The van der Waals surface area contributed by atoms with Crippen molar-refractivity contribution in [1.29, 1.82) is 0 Å². The highest BCUT2D eigenvalue weighted by Gasteiger charge is 2.39. The molecule has 0 aromatic carbocycles. The average molecular weight is 442 g/mol. The lowest BCUT2D eigenvalue weighted by molar-refractivity contribution is -0.100. The zero-order valence-corrected chi connectivity index (χ0v) is 19.6. The van der Waals surface area contributed by atoms with Crippen LogP contribution >= 0.6 is 15.9 Å². The molecule has 0 radical (unpaired) electrons. The molecule has 0 saturated carbocycles. The van der Waals surface area contributed by atoms with Crippen LogP contribution in [-0.4, -0.2) is 48.1 Å². The fraction of sp³-hybridized carbons (Fsp3) is 0.714. The molecule has 1 aromatic heterocycles. The lowest BCUT2D eigenvalue weighted by Gasteiger charge is -2.39. The van der Waals surface area contributed by atoms with Crippen molar-refractivity contribution in [3.63, 3.8) is 0 Å². The van der Waals surface area contributed by atoms with E-state index < -0.39 is 0 Å². The molecule has 0 aliphatic heterocycles. The maximum Gasteiger partial charge on any atom is 0.229 e. The minimum atomic E-state index is -0.390. The first-order chi connectivity index (χ1) is 12.9. The summed E-state index contributed by atoms with van der Waals surface area (Å²) in [6.07, 6.45) is 5.49. The van der Waals surface area contributed by atoms with Crippen molar-refractivity contribution >= 4 is 28.0 Å². The molecular weight excluding hydrogens is 406 g/mol. The van der Waals surface area contributed by atoms with Crippen LogP contribution in [0.15, 0.2) is 15.5 Å². The molecule has 0 amide bonds. The van der Waals surface area contributed by atoms with E-state index in [0.29, 0.717) is 5.88 Å². The predicted octanol–water partition coefficient (Wildman–Crippen LogP) is 5.91. The first-order valence-corrected chi connectivity index (χ1v) is 10.9. The summed E-state index contributed by atoms with van der Waals surface area (Å²) in [5.41, 5.74) is 1.29. The summed E-state index contributed by atoms with van der Waals surface area (Å²) in [6.45, 7) is 14.3. The van der Waals surface area contributed by atoms with Gasteiger partial charge in [0.25, 0.3) is 0 Å². The summed E-state index contributed by atoms with van der Waals surface area (Å²) in [7, 11) is 2.00. The van der Waals surface area contributed by atoms with Crippen LogP contribution in [0.4, 0.5) is 5.69 Å². The monoisotopic (exact) mass is 441 g/mol. The number of halogens is 1. The fourth-order valence-electron chi connectivity index (χ4n) is 3.00. The van der Waals surface area contributed by atoms with Gasteiger partial charge in [-0.15, -0.1) is 0 Å². The quantitative estimate of drug-likeness (QED) is 0.298. The number of nitrogens with zero attached hydrogens (tertiary/aromatic N) is 3. The first kappa shape index (κ1) is 23.9. The van der Waals surface area contributed by atoms with Gasteiger partial charge in [0.15, 0.2) is 0 Å². The molecule has 0 N–H and O–H groups in total. The van der Waals surface area contributed by atoms with Crippen LogP contribution < -0.4 is 4.74 Å². The minimum Gasteiger partial charge on any atom is -0.467 e. The average Bonchev–Trinajstić information content (AvgIpc) is 2.68. The lowest BCUT2D eigenvalue weighted by Crippen LogP contribution is -2.48. The van der Waals surface area contributed by atoms with Gasteiger partial charge in [0, 0.05) is 20.2 Å². The summed E-state index contributed by atoms with van der Waals surface area (Å²) < 4.78 is 13.5. The second-order valence-corrected chi connectivity index (χ2v) is 7.69. The number of aryl methyl sites for hydroxylation is 1. The van der Waals surface area contributed by atoms with Crippen LogP contribution in [0, 0.1) is 6.92 Å². The topological polar surface area (TPSA) is 47.0 Å². The molecule has 0 spiro atoms. The van der Waals surface area contributed by atoms with Gasteiger partial charge in [-0.25, -0.2) is 9.98 Å². The molecule has 0 bridgehead atoms. The van der Waals surface area contributed by atoms with Crippen LogP contribution in [-0.2, 0) is 4.74 Å². The molecule has 0 saturated heterocycles. The first-order valence-electron chi connectivity index (χ1n) is 10.1. The molecular formula is C21H36BrN3O2. The molecule has 1 atom stereocenters. The maximum absolute atomic E-state index is 6.52. The van der Waals surface area contributed by atoms with Gasteiger partial charge >= 0.3 is 0 Å². The van der Waals surface area contributed by atoms with E-state index in [4.69, 9.17) is 14.5 Å². The minimum absolute atomic E-state index is 0.0392. The molecule has 0 aliphatic rings. The van der Waals surface area contributed by atoms with Crippen molar-refractivity contribution in [2.45, 2.75) is 78.9 Å². The van der Waals surface area contributed by atoms with Gasteiger partial charge in [0.2, 0.25) is 5.88 Å². The van der Waals surface area contributed by atoms with E-state index in [1.807, 2.05) is 31.3 Å². The van der Waals surface area contributed by atoms with E-state index in [-0.39, 0.29) is 11.7 Å². The zero-order chi connectivity index (χ0) is 20.4. The second kappa shape index (κ2) is 11.6. The highest BCUT2D eigenvalue weighted by molar-refractivity contribution is 9.10. The Labute approximate surface area is 173 Å². The van der Waals surface area contributed by atoms with Gasteiger partial charge in [-0.1, -0.05) is 27.7 Å². The molecule has 1 unspecified atom stereocenters. The Bertz CT molecular complexity index is 603. The molecule has 27 heavy (non-hydrogen) atoms. The van der Waals surface area contributed by atoms with Crippen LogP contribution in [0.3, 0.4) is 0 Å². The number of aromatic nitrogens is 1. The number of rotatable bonds is 12. The molecule has 1 aromatic rings. The van der Waals surface area contributed by atoms with Crippen LogP contribution in [0.25, 0.3) is 0 Å². The molecule has 0 aliphatic carbocycles. The molecule has 5 nitrogen and oxygen atoms in total. The summed E-state index contributed by atoms with van der Waals surface area (Å²) in [5.74, 6) is 0.609. The van der Waals surface area contributed by atoms with Crippen molar-refractivity contribution in [2.75, 3.05) is 20.2 Å². The number of aliphatic imine (C=N–C) groups is 1. The van der Waals surface area contributed by atoms with Crippen LogP contribution in [0.2, 0.25) is 0 Å². The number of ether oxygens (including phenoxy) is 2. The fourth-order valence-corrected chi connectivity index (χ4v) is 3.39. The Hall–Kier alpha value is -1.14. The number of hydrogen-bond donors (Lipinski definition) is 0. The molecule has 1 rings (SSSR count). The van der Waals surface area contributed by atoms with E-state index in [1.165, 1.54) is 0 Å². The summed E-state index contributed by atoms with van der Waals surface area (Å²) >= 11 is 3.62. The Balaban J connectivity index is 3.16. The summed E-state index contributed by atoms with van der Waals surface area (Å²) in [6, 6.07) is 1.97. The smallest absolute Gasteiger partial charge is 0.229 e. The van der Waals surface area contributed by atoms with Crippen LogP contribution in [0.5, 0.6) is 5.88 Å². The van der Waals surface area contributed by atoms with E-state index >= 15 is 0 Å². The Morgan fingerprint density at radius 3 is 2.44 bits per heavy atom. The third-order valence-electron chi connectivity index (χ3n) is 4.98. The summed E-state index contributed by atoms with van der Waals surface area (Å²) in [5, 5.41) is 0. The molecule has 154 valence electrons. The third kappa shape index (κ3) is 6.46. The van der Waals surface area contributed by atoms with Gasteiger partial charge < -0.3 is 14.4 Å². The predicted molar refractivity (Wildman–Crippen MR) is 117 cm³/mol. The van der Waals surface area contributed by atoms with E-state index in [9.17, 15) is 0 Å². The zero-order valence-electron chi connectivity index (χ0n) is 18.0. The Morgan fingerprint density at radius 2 is 1.93 bits per heavy atom. The van der Waals surface area contributed by atoms with Gasteiger partial charge in [-0.05, 0) is 61.5 Å². The van der Waals surface area contributed by atoms with Gasteiger partial charge in [-0.2, -0.15) is 0 Å². The van der Waals surface area contributed by atoms with Crippen molar-refractivity contribution in [1.82, 2.24) is 9.88 Å². The normalized spacial score (nSPS) is 13.2. The Morgan fingerprint density at radius 1 is 1.26 bits per heavy atom. The molecule has 0 fully saturated rings. The standard InChI is InChI=1S/C21H36BrN3O2/c1-8-13-26-19(9-2)21(10-3,11-4)27-20-17(22)14-18(16(6)24-20)23-15-25(7)12-5/h14-15,19H,8-13H2,1-7H3. The second-order valence-electron chi connectivity index (χ2n) is 6.84.